The largest absolute Gasteiger partial charge is 0.398 e. The van der Waals surface area contributed by atoms with Crippen LogP contribution in [0.3, 0.4) is 0 Å². The molecule has 0 fully saturated rings. The second-order valence-corrected chi connectivity index (χ2v) is 4.66. The number of carbonyl (C=O) groups excluding carboxylic acids is 1. The number of nitrogens with one attached hydrogen (secondary N) is 1. The Morgan fingerprint density at radius 1 is 1.53 bits per heavy atom. The molecule has 1 amide bonds. The highest BCUT2D eigenvalue weighted by Crippen LogP contribution is 2.16. The van der Waals surface area contributed by atoms with Crippen LogP contribution in [0.2, 0.25) is 0 Å². The van der Waals surface area contributed by atoms with Gasteiger partial charge in [0.25, 0.3) is 0 Å². The zero-order valence-electron chi connectivity index (χ0n) is 9.43. The van der Waals surface area contributed by atoms with Gasteiger partial charge in [-0.05, 0) is 18.6 Å². The third-order valence-corrected chi connectivity index (χ3v) is 3.02. The first-order chi connectivity index (χ1) is 8.15. The smallest absolute Gasteiger partial charge is 0.230 e. The summed E-state index contributed by atoms with van der Waals surface area (Å²) in [5.74, 6) is -0.0998. The van der Waals surface area contributed by atoms with Crippen LogP contribution in [0.1, 0.15) is 11.1 Å². The van der Waals surface area contributed by atoms with Crippen LogP contribution in [-0.2, 0) is 11.2 Å². The molecule has 0 aliphatic carbocycles. The average molecular weight is 247 g/mol. The van der Waals surface area contributed by atoms with Gasteiger partial charge in [-0.3, -0.25) is 4.79 Å². The average Bonchev–Trinajstić information content (AvgIpc) is 2.76. The molecule has 0 unspecified atom stereocenters. The van der Waals surface area contributed by atoms with Crippen molar-refractivity contribution in [1.29, 1.82) is 0 Å². The number of nitrogen functional groups attached to an aromatic ring is 1. The monoisotopic (exact) mass is 247 g/mol. The lowest BCUT2D eigenvalue weighted by Gasteiger charge is -2.06. The van der Waals surface area contributed by atoms with E-state index in [2.05, 4.69) is 10.3 Å². The van der Waals surface area contributed by atoms with Crippen molar-refractivity contribution in [1.82, 2.24) is 4.98 Å². The molecule has 0 saturated carbocycles. The van der Waals surface area contributed by atoms with Gasteiger partial charge in [0, 0.05) is 17.3 Å². The van der Waals surface area contributed by atoms with Crippen molar-refractivity contribution in [2.24, 2.45) is 0 Å². The lowest BCUT2D eigenvalue weighted by atomic mass is 10.1. The maximum Gasteiger partial charge on any atom is 0.230 e. The van der Waals surface area contributed by atoms with Gasteiger partial charge >= 0.3 is 0 Å². The molecule has 0 radical (unpaired) electrons. The predicted octanol–water partition coefficient (Wildman–Crippen LogP) is 2.21. The SMILES string of the molecule is Cc1ccc(N)c(CC(=O)Nc2nccs2)c1. The molecule has 5 heteroatoms. The van der Waals surface area contributed by atoms with Crippen molar-refractivity contribution in [3.8, 4) is 0 Å². The molecule has 17 heavy (non-hydrogen) atoms. The van der Waals surface area contributed by atoms with E-state index < -0.39 is 0 Å². The highest BCUT2D eigenvalue weighted by molar-refractivity contribution is 7.13. The fourth-order valence-electron chi connectivity index (χ4n) is 1.51. The summed E-state index contributed by atoms with van der Waals surface area (Å²) in [6.07, 6.45) is 1.92. The number of anilines is 2. The minimum absolute atomic E-state index is 0.0998. The van der Waals surface area contributed by atoms with E-state index in [1.807, 2.05) is 30.5 Å². The first-order valence-electron chi connectivity index (χ1n) is 5.19. The quantitative estimate of drug-likeness (QED) is 0.817. The van der Waals surface area contributed by atoms with Crippen molar-refractivity contribution < 1.29 is 4.79 Å². The number of benzene rings is 1. The lowest BCUT2D eigenvalue weighted by Crippen LogP contribution is -2.15. The van der Waals surface area contributed by atoms with Crippen molar-refractivity contribution in [3.63, 3.8) is 0 Å². The van der Waals surface area contributed by atoms with Crippen LogP contribution < -0.4 is 11.1 Å². The van der Waals surface area contributed by atoms with E-state index in [0.29, 0.717) is 10.8 Å². The van der Waals surface area contributed by atoms with E-state index >= 15 is 0 Å². The van der Waals surface area contributed by atoms with E-state index in [-0.39, 0.29) is 12.3 Å². The number of nitrogens with two attached hydrogens (primary N) is 1. The second-order valence-electron chi connectivity index (χ2n) is 3.76. The number of nitrogens with zero attached hydrogens (tertiary/aromatic N) is 1. The summed E-state index contributed by atoms with van der Waals surface area (Å²) in [7, 11) is 0. The van der Waals surface area contributed by atoms with Crippen LogP contribution in [0.5, 0.6) is 0 Å². The van der Waals surface area contributed by atoms with Gasteiger partial charge in [-0.2, -0.15) is 0 Å². The third-order valence-electron chi connectivity index (χ3n) is 2.33. The Kier molecular flexibility index (Phi) is 3.39. The molecule has 4 nitrogen and oxygen atoms in total. The van der Waals surface area contributed by atoms with Crippen molar-refractivity contribution >= 4 is 28.1 Å². The third kappa shape index (κ3) is 3.04. The van der Waals surface area contributed by atoms with Gasteiger partial charge in [-0.15, -0.1) is 11.3 Å². The van der Waals surface area contributed by atoms with Gasteiger partial charge < -0.3 is 11.1 Å². The number of carbonyl (C=O) groups is 1. The van der Waals surface area contributed by atoms with Crippen LogP contribution in [0.25, 0.3) is 0 Å². The van der Waals surface area contributed by atoms with E-state index in [1.165, 1.54) is 11.3 Å². The number of thiazole rings is 1. The molecule has 1 aromatic heterocycles. The molecular formula is C12H13N3OS. The molecule has 0 atom stereocenters. The minimum Gasteiger partial charge on any atom is -0.398 e. The topological polar surface area (TPSA) is 68.0 Å². The maximum absolute atomic E-state index is 11.7. The van der Waals surface area contributed by atoms with E-state index in [0.717, 1.165) is 11.1 Å². The molecule has 0 aliphatic rings. The zero-order chi connectivity index (χ0) is 12.3. The van der Waals surface area contributed by atoms with Gasteiger partial charge in [0.15, 0.2) is 5.13 Å². The van der Waals surface area contributed by atoms with Crippen molar-refractivity contribution in [2.45, 2.75) is 13.3 Å². The molecule has 1 aromatic carbocycles. The first-order valence-corrected chi connectivity index (χ1v) is 6.07. The zero-order valence-corrected chi connectivity index (χ0v) is 10.3. The van der Waals surface area contributed by atoms with Gasteiger partial charge in [0.1, 0.15) is 0 Å². The number of aryl methyl sites for hydroxylation is 1. The summed E-state index contributed by atoms with van der Waals surface area (Å²) in [6.45, 7) is 1.97. The summed E-state index contributed by atoms with van der Waals surface area (Å²) in [6, 6.07) is 5.68. The van der Waals surface area contributed by atoms with Gasteiger partial charge in [0.2, 0.25) is 5.91 Å². The van der Waals surface area contributed by atoms with Crippen molar-refractivity contribution in [3.05, 3.63) is 40.9 Å². The molecule has 2 aromatic rings. The number of amides is 1. The van der Waals surface area contributed by atoms with Crippen LogP contribution >= 0.6 is 11.3 Å². The van der Waals surface area contributed by atoms with E-state index in [1.54, 1.807) is 6.20 Å². The number of hydrogen-bond acceptors (Lipinski definition) is 4. The number of rotatable bonds is 3. The van der Waals surface area contributed by atoms with Gasteiger partial charge in [-0.25, -0.2) is 4.98 Å². The molecule has 3 N–H and O–H groups in total. The summed E-state index contributed by atoms with van der Waals surface area (Å²) < 4.78 is 0. The van der Waals surface area contributed by atoms with Crippen LogP contribution in [0.4, 0.5) is 10.8 Å². The van der Waals surface area contributed by atoms with E-state index in [9.17, 15) is 4.79 Å². The molecular weight excluding hydrogens is 234 g/mol. The normalized spacial score (nSPS) is 10.2. The summed E-state index contributed by atoms with van der Waals surface area (Å²) in [5, 5.41) is 5.16. The molecule has 0 spiro atoms. The Labute approximate surface area is 103 Å². The Morgan fingerprint density at radius 3 is 3.06 bits per heavy atom. The molecule has 2 rings (SSSR count). The Balaban J connectivity index is 2.05. The standard InChI is InChI=1S/C12H13N3OS/c1-8-2-3-10(13)9(6-8)7-11(16)15-12-14-4-5-17-12/h2-6H,7,13H2,1H3,(H,14,15,16). The fourth-order valence-corrected chi connectivity index (χ4v) is 2.05. The van der Waals surface area contributed by atoms with Gasteiger partial charge in [0.05, 0.1) is 6.42 Å². The van der Waals surface area contributed by atoms with Crippen LogP contribution in [-0.4, -0.2) is 10.9 Å². The molecule has 0 aliphatic heterocycles. The summed E-state index contributed by atoms with van der Waals surface area (Å²) in [5.41, 5.74) is 8.40. The summed E-state index contributed by atoms with van der Waals surface area (Å²) in [4.78, 5) is 15.7. The molecule has 0 saturated heterocycles. The van der Waals surface area contributed by atoms with Crippen molar-refractivity contribution in [2.75, 3.05) is 11.1 Å². The molecule has 0 bridgehead atoms. The lowest BCUT2D eigenvalue weighted by molar-refractivity contribution is -0.115. The highest BCUT2D eigenvalue weighted by Gasteiger charge is 2.08. The fraction of sp³-hybridized carbons (Fsp3) is 0.167. The van der Waals surface area contributed by atoms with Gasteiger partial charge in [-0.1, -0.05) is 17.7 Å². The summed E-state index contributed by atoms with van der Waals surface area (Å²) >= 11 is 1.39. The minimum atomic E-state index is -0.0998. The maximum atomic E-state index is 11.7. The predicted molar refractivity (Wildman–Crippen MR) is 70.0 cm³/mol. The highest BCUT2D eigenvalue weighted by atomic mass is 32.1. The van der Waals surface area contributed by atoms with Crippen LogP contribution in [0.15, 0.2) is 29.8 Å². The number of hydrogen-bond donors (Lipinski definition) is 2. The first kappa shape index (κ1) is 11.6. The molecule has 88 valence electrons. The second kappa shape index (κ2) is 4.97. The Hall–Kier alpha value is -1.88. The number of aromatic nitrogens is 1. The van der Waals surface area contributed by atoms with E-state index in [4.69, 9.17) is 5.73 Å². The van der Waals surface area contributed by atoms with Crippen LogP contribution in [0, 0.1) is 6.92 Å². The Bertz CT molecular complexity index is 523. The Morgan fingerprint density at radius 2 is 2.35 bits per heavy atom. The molecule has 1 heterocycles.